The molecule has 1 atom stereocenters. The molecule has 1 aromatic carbocycles. The molecule has 0 amide bonds. The number of hydrogen-bond donors (Lipinski definition) is 1. The molecule has 1 aliphatic carbocycles. The third kappa shape index (κ3) is 5.44. The average Bonchev–Trinajstić information content (AvgIpc) is 3.27. The zero-order valence-corrected chi connectivity index (χ0v) is 14.2. The van der Waals surface area contributed by atoms with Crippen molar-refractivity contribution < 1.29 is 0 Å². The van der Waals surface area contributed by atoms with Gasteiger partial charge in [0.25, 0.3) is 0 Å². The van der Waals surface area contributed by atoms with Crippen LogP contribution in [0.25, 0.3) is 0 Å². The number of aryl methyl sites for hydroxylation is 1. The van der Waals surface area contributed by atoms with Crippen molar-refractivity contribution in [2.45, 2.75) is 59.0 Å². The molecular weight excluding hydrogens is 256 g/mol. The van der Waals surface area contributed by atoms with Crippen LogP contribution in [0.3, 0.4) is 0 Å². The van der Waals surface area contributed by atoms with E-state index in [9.17, 15) is 0 Å². The van der Waals surface area contributed by atoms with Crippen molar-refractivity contribution in [1.29, 1.82) is 0 Å². The first kappa shape index (κ1) is 16.5. The van der Waals surface area contributed by atoms with Gasteiger partial charge in [-0.25, -0.2) is 0 Å². The van der Waals surface area contributed by atoms with Crippen molar-refractivity contribution >= 4 is 0 Å². The summed E-state index contributed by atoms with van der Waals surface area (Å²) in [6.07, 6.45) is 3.97. The lowest BCUT2D eigenvalue weighted by Crippen LogP contribution is -2.38. The highest BCUT2D eigenvalue weighted by Gasteiger charge is 2.31. The van der Waals surface area contributed by atoms with E-state index in [2.05, 4.69) is 62.2 Å². The fourth-order valence-corrected chi connectivity index (χ4v) is 2.92. The van der Waals surface area contributed by atoms with Gasteiger partial charge in [0.1, 0.15) is 0 Å². The van der Waals surface area contributed by atoms with Crippen LogP contribution in [-0.4, -0.2) is 30.6 Å². The van der Waals surface area contributed by atoms with Crippen LogP contribution < -0.4 is 5.32 Å². The smallest absolute Gasteiger partial charge is 0.0449 e. The van der Waals surface area contributed by atoms with E-state index in [4.69, 9.17) is 0 Å². The SMILES string of the molecule is CCCNC(CN(CC(C)C)C1CC1)c1ccc(C)cc1. The number of nitrogens with one attached hydrogen (secondary N) is 1. The van der Waals surface area contributed by atoms with Crippen LogP contribution in [0, 0.1) is 12.8 Å². The first-order chi connectivity index (χ1) is 10.1. The van der Waals surface area contributed by atoms with Gasteiger partial charge in [-0.1, -0.05) is 50.6 Å². The number of rotatable bonds is 9. The summed E-state index contributed by atoms with van der Waals surface area (Å²) in [5.41, 5.74) is 2.78. The van der Waals surface area contributed by atoms with E-state index >= 15 is 0 Å². The minimum atomic E-state index is 0.463. The van der Waals surface area contributed by atoms with Crippen molar-refractivity contribution in [3.05, 3.63) is 35.4 Å². The van der Waals surface area contributed by atoms with E-state index in [1.165, 1.54) is 36.9 Å². The average molecular weight is 288 g/mol. The highest BCUT2D eigenvalue weighted by Crippen LogP contribution is 2.29. The first-order valence-corrected chi connectivity index (χ1v) is 8.64. The maximum atomic E-state index is 3.75. The highest BCUT2D eigenvalue weighted by molar-refractivity contribution is 5.24. The molecular formula is C19H32N2. The Bertz CT molecular complexity index is 406. The molecule has 1 saturated carbocycles. The van der Waals surface area contributed by atoms with Crippen LogP contribution in [0.4, 0.5) is 0 Å². The molecule has 0 bridgehead atoms. The summed E-state index contributed by atoms with van der Waals surface area (Å²) in [6.45, 7) is 12.5. The van der Waals surface area contributed by atoms with Gasteiger partial charge < -0.3 is 5.32 Å². The predicted octanol–water partition coefficient (Wildman–Crippen LogP) is 4.16. The fourth-order valence-electron chi connectivity index (χ4n) is 2.92. The summed E-state index contributed by atoms with van der Waals surface area (Å²) < 4.78 is 0. The molecule has 0 saturated heterocycles. The van der Waals surface area contributed by atoms with E-state index in [1.54, 1.807) is 0 Å². The predicted molar refractivity (Wildman–Crippen MR) is 91.6 cm³/mol. The summed E-state index contributed by atoms with van der Waals surface area (Å²) in [7, 11) is 0. The fraction of sp³-hybridized carbons (Fsp3) is 0.684. The summed E-state index contributed by atoms with van der Waals surface area (Å²) in [4.78, 5) is 2.71. The lowest BCUT2D eigenvalue weighted by molar-refractivity contribution is 0.209. The van der Waals surface area contributed by atoms with Gasteiger partial charge in [0.2, 0.25) is 0 Å². The van der Waals surface area contributed by atoms with Crippen molar-refractivity contribution in [2.75, 3.05) is 19.6 Å². The molecule has 2 heteroatoms. The lowest BCUT2D eigenvalue weighted by Gasteiger charge is -2.30. The Kier molecular flexibility index (Phi) is 6.25. The molecule has 1 unspecified atom stereocenters. The number of benzene rings is 1. The van der Waals surface area contributed by atoms with Gasteiger partial charge >= 0.3 is 0 Å². The Morgan fingerprint density at radius 1 is 1.14 bits per heavy atom. The van der Waals surface area contributed by atoms with Gasteiger partial charge in [-0.2, -0.15) is 0 Å². The molecule has 2 rings (SSSR count). The highest BCUT2D eigenvalue weighted by atomic mass is 15.2. The topological polar surface area (TPSA) is 15.3 Å². The zero-order chi connectivity index (χ0) is 15.2. The Morgan fingerprint density at radius 3 is 2.33 bits per heavy atom. The van der Waals surface area contributed by atoms with E-state index < -0.39 is 0 Å². The van der Waals surface area contributed by atoms with Gasteiger partial charge in [0, 0.05) is 25.2 Å². The summed E-state index contributed by atoms with van der Waals surface area (Å²) in [5, 5.41) is 3.75. The summed E-state index contributed by atoms with van der Waals surface area (Å²) >= 11 is 0. The van der Waals surface area contributed by atoms with Gasteiger partial charge in [0.05, 0.1) is 0 Å². The van der Waals surface area contributed by atoms with E-state index in [0.717, 1.165) is 25.0 Å². The van der Waals surface area contributed by atoms with E-state index in [1.807, 2.05) is 0 Å². The third-order valence-corrected chi connectivity index (χ3v) is 4.20. The molecule has 1 N–H and O–H groups in total. The van der Waals surface area contributed by atoms with Gasteiger partial charge in [-0.05, 0) is 44.2 Å². The second kappa shape index (κ2) is 7.95. The molecule has 0 spiro atoms. The zero-order valence-electron chi connectivity index (χ0n) is 14.2. The van der Waals surface area contributed by atoms with E-state index in [-0.39, 0.29) is 0 Å². The van der Waals surface area contributed by atoms with Crippen LogP contribution in [0.1, 0.15) is 57.2 Å². The largest absolute Gasteiger partial charge is 0.309 e. The van der Waals surface area contributed by atoms with Gasteiger partial charge in [-0.3, -0.25) is 4.90 Å². The molecule has 21 heavy (non-hydrogen) atoms. The standard InChI is InChI=1S/C19H32N2/c1-5-12-20-19(17-8-6-16(4)7-9-17)14-21(13-15(2)3)18-10-11-18/h6-9,15,18-20H,5,10-14H2,1-4H3. The van der Waals surface area contributed by atoms with Crippen molar-refractivity contribution in [3.8, 4) is 0 Å². The second-order valence-corrected chi connectivity index (χ2v) is 7.00. The van der Waals surface area contributed by atoms with E-state index in [0.29, 0.717) is 6.04 Å². The summed E-state index contributed by atoms with van der Waals surface area (Å²) in [5.74, 6) is 0.746. The molecule has 0 radical (unpaired) electrons. The minimum absolute atomic E-state index is 0.463. The van der Waals surface area contributed by atoms with Crippen LogP contribution in [0.2, 0.25) is 0 Å². The third-order valence-electron chi connectivity index (χ3n) is 4.20. The second-order valence-electron chi connectivity index (χ2n) is 7.00. The molecule has 1 fully saturated rings. The first-order valence-electron chi connectivity index (χ1n) is 8.64. The minimum Gasteiger partial charge on any atom is -0.309 e. The van der Waals surface area contributed by atoms with Gasteiger partial charge in [-0.15, -0.1) is 0 Å². The molecule has 2 nitrogen and oxygen atoms in total. The number of nitrogens with zero attached hydrogens (tertiary/aromatic N) is 1. The van der Waals surface area contributed by atoms with Crippen LogP contribution >= 0.6 is 0 Å². The van der Waals surface area contributed by atoms with Crippen LogP contribution in [0.15, 0.2) is 24.3 Å². The Labute approximate surface area is 130 Å². The maximum absolute atomic E-state index is 3.75. The molecule has 1 aliphatic rings. The molecule has 118 valence electrons. The van der Waals surface area contributed by atoms with Gasteiger partial charge in [0.15, 0.2) is 0 Å². The Hall–Kier alpha value is -0.860. The van der Waals surface area contributed by atoms with Crippen LogP contribution in [-0.2, 0) is 0 Å². The lowest BCUT2D eigenvalue weighted by atomic mass is 10.0. The molecule has 0 aromatic heterocycles. The monoisotopic (exact) mass is 288 g/mol. The molecule has 0 heterocycles. The number of hydrogen-bond acceptors (Lipinski definition) is 2. The van der Waals surface area contributed by atoms with Crippen molar-refractivity contribution in [1.82, 2.24) is 10.2 Å². The Balaban J connectivity index is 2.05. The quantitative estimate of drug-likeness (QED) is 0.734. The van der Waals surface area contributed by atoms with Crippen LogP contribution in [0.5, 0.6) is 0 Å². The molecule has 1 aromatic rings. The van der Waals surface area contributed by atoms with Crippen molar-refractivity contribution in [2.24, 2.45) is 5.92 Å². The summed E-state index contributed by atoms with van der Waals surface area (Å²) in [6, 6.07) is 10.4. The normalized spacial score (nSPS) is 16.7. The maximum Gasteiger partial charge on any atom is 0.0449 e. The van der Waals surface area contributed by atoms with Crippen molar-refractivity contribution in [3.63, 3.8) is 0 Å². The molecule has 0 aliphatic heterocycles. The Morgan fingerprint density at radius 2 is 1.81 bits per heavy atom.